The number of aromatic nitrogens is 1. The summed E-state index contributed by atoms with van der Waals surface area (Å²) in [6.07, 6.45) is 2.09. The first-order valence-electron chi connectivity index (χ1n) is 8.70. The van der Waals surface area contributed by atoms with Gasteiger partial charge in [-0.1, -0.05) is 35.5 Å². The van der Waals surface area contributed by atoms with Crippen LogP contribution in [0.25, 0.3) is 0 Å². The zero-order valence-corrected chi connectivity index (χ0v) is 14.3. The molecular formula is C19H24N2O4. The summed E-state index contributed by atoms with van der Waals surface area (Å²) in [7, 11) is 0. The van der Waals surface area contributed by atoms with Gasteiger partial charge in [-0.05, 0) is 18.4 Å². The van der Waals surface area contributed by atoms with Crippen molar-refractivity contribution < 1.29 is 18.8 Å². The third kappa shape index (κ3) is 5.99. The van der Waals surface area contributed by atoms with E-state index in [0.717, 1.165) is 26.1 Å². The molecule has 6 heteroatoms. The molecule has 1 saturated heterocycles. The van der Waals surface area contributed by atoms with Crippen molar-refractivity contribution in [1.82, 2.24) is 10.5 Å². The molecule has 1 atom stereocenters. The number of nitrogens with one attached hydrogen (secondary N) is 1. The Hall–Kier alpha value is -2.18. The Morgan fingerprint density at radius 1 is 1.32 bits per heavy atom. The van der Waals surface area contributed by atoms with Gasteiger partial charge in [0.2, 0.25) is 5.91 Å². The smallest absolute Gasteiger partial charge is 0.226 e. The van der Waals surface area contributed by atoms with Gasteiger partial charge in [-0.3, -0.25) is 4.79 Å². The largest absolute Gasteiger partial charge is 0.381 e. The van der Waals surface area contributed by atoms with E-state index >= 15 is 0 Å². The van der Waals surface area contributed by atoms with Gasteiger partial charge in [0.05, 0.1) is 25.3 Å². The minimum atomic E-state index is -0.0447. The average Bonchev–Trinajstić information content (AvgIpc) is 3.30. The number of benzene rings is 1. The predicted octanol–water partition coefficient (Wildman–Crippen LogP) is 2.13. The minimum Gasteiger partial charge on any atom is -0.381 e. The number of carbonyl (C=O) groups is 1. The number of amides is 1. The van der Waals surface area contributed by atoms with Crippen LogP contribution in [0.3, 0.4) is 0 Å². The fraction of sp³-hybridized carbons (Fsp3) is 0.474. The molecule has 1 unspecified atom stereocenters. The predicted molar refractivity (Wildman–Crippen MR) is 91.9 cm³/mol. The molecule has 1 N–H and O–H groups in total. The molecule has 0 saturated carbocycles. The third-order valence-electron chi connectivity index (χ3n) is 4.18. The highest BCUT2D eigenvalue weighted by Gasteiger charge is 2.17. The van der Waals surface area contributed by atoms with Gasteiger partial charge < -0.3 is 19.3 Å². The number of ether oxygens (including phenoxy) is 2. The van der Waals surface area contributed by atoms with Crippen molar-refractivity contribution >= 4 is 5.91 Å². The number of carbonyl (C=O) groups excluding carboxylic acids is 1. The molecular weight excluding hydrogens is 320 g/mol. The van der Waals surface area contributed by atoms with Crippen molar-refractivity contribution in [2.75, 3.05) is 26.4 Å². The monoisotopic (exact) mass is 344 g/mol. The number of hydrogen-bond acceptors (Lipinski definition) is 5. The van der Waals surface area contributed by atoms with Gasteiger partial charge in [-0.15, -0.1) is 0 Å². The van der Waals surface area contributed by atoms with Crippen LogP contribution in [0.15, 0.2) is 40.9 Å². The van der Waals surface area contributed by atoms with Crippen LogP contribution in [0.4, 0.5) is 0 Å². The molecule has 1 aromatic heterocycles. The van der Waals surface area contributed by atoms with E-state index in [4.69, 9.17) is 14.0 Å². The van der Waals surface area contributed by atoms with Crippen molar-refractivity contribution in [2.45, 2.75) is 25.9 Å². The molecule has 1 aromatic carbocycles. The van der Waals surface area contributed by atoms with Gasteiger partial charge in [0.25, 0.3) is 0 Å². The van der Waals surface area contributed by atoms with Crippen LogP contribution in [0.2, 0.25) is 0 Å². The van der Waals surface area contributed by atoms with E-state index in [1.807, 2.05) is 18.2 Å². The second-order valence-electron chi connectivity index (χ2n) is 6.28. The summed E-state index contributed by atoms with van der Waals surface area (Å²) in [6.45, 7) is 3.16. The van der Waals surface area contributed by atoms with Crippen LogP contribution in [0, 0.1) is 5.92 Å². The molecule has 1 aliphatic rings. The Kier molecular flexibility index (Phi) is 6.59. The van der Waals surface area contributed by atoms with Gasteiger partial charge in [-0.25, -0.2) is 0 Å². The zero-order valence-electron chi connectivity index (χ0n) is 14.3. The number of nitrogens with zero attached hydrogens (tertiary/aromatic N) is 1. The van der Waals surface area contributed by atoms with Gasteiger partial charge in [0, 0.05) is 25.1 Å². The summed E-state index contributed by atoms with van der Waals surface area (Å²) in [5.74, 6) is 1.02. The lowest BCUT2D eigenvalue weighted by molar-refractivity contribution is -0.120. The topological polar surface area (TPSA) is 73.6 Å². The maximum absolute atomic E-state index is 11.9. The first-order chi connectivity index (χ1) is 12.3. The molecule has 2 aromatic rings. The molecule has 1 fully saturated rings. The Morgan fingerprint density at radius 3 is 3.00 bits per heavy atom. The molecule has 25 heavy (non-hydrogen) atoms. The first-order valence-corrected chi connectivity index (χ1v) is 8.70. The van der Waals surface area contributed by atoms with E-state index in [1.54, 1.807) is 6.07 Å². The van der Waals surface area contributed by atoms with Crippen molar-refractivity contribution in [3.63, 3.8) is 0 Å². The summed E-state index contributed by atoms with van der Waals surface area (Å²) in [6, 6.07) is 12.0. The normalized spacial score (nSPS) is 16.9. The van der Waals surface area contributed by atoms with E-state index in [-0.39, 0.29) is 12.3 Å². The van der Waals surface area contributed by atoms with Crippen LogP contribution in [0.5, 0.6) is 0 Å². The highest BCUT2D eigenvalue weighted by Crippen LogP contribution is 2.11. The Morgan fingerprint density at radius 2 is 2.20 bits per heavy atom. The third-order valence-corrected chi connectivity index (χ3v) is 4.18. The van der Waals surface area contributed by atoms with Crippen LogP contribution in [0.1, 0.15) is 23.4 Å². The SMILES string of the molecule is O=C(Cc1cc(COCCc2ccccc2)on1)NCC1CCOC1. The highest BCUT2D eigenvalue weighted by molar-refractivity contribution is 5.78. The van der Waals surface area contributed by atoms with Crippen LogP contribution in [-0.4, -0.2) is 37.4 Å². The maximum Gasteiger partial charge on any atom is 0.226 e. The Bertz CT molecular complexity index is 650. The second kappa shape index (κ2) is 9.34. The van der Waals surface area contributed by atoms with Crippen LogP contribution in [-0.2, 0) is 33.7 Å². The molecule has 0 spiro atoms. The lowest BCUT2D eigenvalue weighted by atomic mass is 10.1. The Labute approximate surface area is 147 Å². The lowest BCUT2D eigenvalue weighted by Crippen LogP contribution is -2.30. The van der Waals surface area contributed by atoms with Crippen LogP contribution < -0.4 is 5.32 Å². The van der Waals surface area contributed by atoms with E-state index in [9.17, 15) is 4.79 Å². The quantitative estimate of drug-likeness (QED) is 0.706. The summed E-state index contributed by atoms with van der Waals surface area (Å²) in [5.41, 5.74) is 1.87. The standard InChI is InChI=1S/C19H24N2O4/c22-19(20-12-16-7-9-23-13-16)11-17-10-18(25-21-17)14-24-8-6-15-4-2-1-3-5-15/h1-5,10,16H,6-9,11-14H2,(H,20,22). The zero-order chi connectivity index (χ0) is 17.3. The highest BCUT2D eigenvalue weighted by atomic mass is 16.5. The van der Waals surface area contributed by atoms with Crippen molar-refractivity contribution in [1.29, 1.82) is 0 Å². The summed E-state index contributed by atoms with van der Waals surface area (Å²) < 4.78 is 16.1. The van der Waals surface area contributed by atoms with E-state index < -0.39 is 0 Å². The van der Waals surface area contributed by atoms with Gasteiger partial charge >= 0.3 is 0 Å². The summed E-state index contributed by atoms with van der Waals surface area (Å²) in [4.78, 5) is 11.9. The molecule has 1 amide bonds. The fourth-order valence-corrected chi connectivity index (χ4v) is 2.74. The number of hydrogen-bond donors (Lipinski definition) is 1. The van der Waals surface area contributed by atoms with E-state index in [2.05, 4.69) is 22.6 Å². The first kappa shape index (κ1) is 17.6. The maximum atomic E-state index is 11.9. The van der Waals surface area contributed by atoms with Crippen LogP contribution >= 0.6 is 0 Å². The average molecular weight is 344 g/mol. The molecule has 0 bridgehead atoms. The second-order valence-corrected chi connectivity index (χ2v) is 6.28. The molecule has 134 valence electrons. The van der Waals surface area contributed by atoms with Gasteiger partial charge in [-0.2, -0.15) is 0 Å². The fourth-order valence-electron chi connectivity index (χ4n) is 2.74. The van der Waals surface area contributed by atoms with E-state index in [1.165, 1.54) is 5.56 Å². The molecule has 6 nitrogen and oxygen atoms in total. The van der Waals surface area contributed by atoms with Crippen molar-refractivity contribution in [3.8, 4) is 0 Å². The van der Waals surface area contributed by atoms with Gasteiger partial charge in [0.1, 0.15) is 6.61 Å². The van der Waals surface area contributed by atoms with E-state index in [0.29, 0.717) is 37.1 Å². The molecule has 2 heterocycles. The van der Waals surface area contributed by atoms with Gasteiger partial charge in [0.15, 0.2) is 5.76 Å². The van der Waals surface area contributed by atoms with Crippen molar-refractivity contribution in [3.05, 3.63) is 53.4 Å². The molecule has 3 rings (SSSR count). The summed E-state index contributed by atoms with van der Waals surface area (Å²) in [5, 5.41) is 6.85. The molecule has 1 aliphatic heterocycles. The molecule has 0 radical (unpaired) electrons. The summed E-state index contributed by atoms with van der Waals surface area (Å²) >= 11 is 0. The molecule has 0 aliphatic carbocycles. The Balaban J connectivity index is 1.33. The number of rotatable bonds is 9. The minimum absolute atomic E-state index is 0.0447. The lowest BCUT2D eigenvalue weighted by Gasteiger charge is -2.08. The van der Waals surface area contributed by atoms with Crippen molar-refractivity contribution in [2.24, 2.45) is 5.92 Å².